The monoisotopic (exact) mass is 338 g/mol. The predicted molar refractivity (Wildman–Crippen MR) is 94.3 cm³/mol. The zero-order chi connectivity index (χ0) is 16.4. The third-order valence-corrected chi connectivity index (χ3v) is 5.79. The van der Waals surface area contributed by atoms with Crippen molar-refractivity contribution in [1.82, 2.24) is 4.90 Å². The maximum atomic E-state index is 10.4. The van der Waals surface area contributed by atoms with E-state index in [0.29, 0.717) is 19.0 Å². The Bertz CT molecular complexity index is 546. The van der Waals surface area contributed by atoms with Crippen LogP contribution in [0.1, 0.15) is 31.2 Å². The molecule has 2 fully saturated rings. The van der Waals surface area contributed by atoms with Crippen LogP contribution < -0.4 is 4.90 Å². The highest BCUT2D eigenvalue weighted by atomic mass is 35.5. The summed E-state index contributed by atoms with van der Waals surface area (Å²) in [5.41, 5.74) is 1.41. The van der Waals surface area contributed by atoms with Crippen molar-refractivity contribution in [2.75, 3.05) is 37.7 Å². The number of halogens is 1. The first-order valence-electron chi connectivity index (χ1n) is 8.59. The summed E-state index contributed by atoms with van der Waals surface area (Å²) < 4.78 is 0. The lowest BCUT2D eigenvalue weighted by atomic mass is 9.91. The fourth-order valence-corrected chi connectivity index (χ4v) is 4.03. The second kappa shape index (κ2) is 6.98. The quantitative estimate of drug-likeness (QED) is 0.888. The van der Waals surface area contributed by atoms with Gasteiger partial charge in [-0.1, -0.05) is 17.7 Å². The summed E-state index contributed by atoms with van der Waals surface area (Å²) in [6, 6.07) is 6.79. The number of benzene rings is 1. The van der Waals surface area contributed by atoms with Crippen molar-refractivity contribution in [2.24, 2.45) is 0 Å². The number of aliphatic hydroxyl groups is 2. The number of piperidine rings is 2. The van der Waals surface area contributed by atoms with Gasteiger partial charge >= 0.3 is 0 Å². The minimum absolute atomic E-state index is 0.135. The summed E-state index contributed by atoms with van der Waals surface area (Å²) in [5, 5.41) is 20.6. The number of aryl methyl sites for hydroxylation is 1. The van der Waals surface area contributed by atoms with Crippen LogP contribution in [0.4, 0.5) is 5.69 Å². The molecule has 2 N–H and O–H groups in total. The first-order chi connectivity index (χ1) is 11.0. The summed E-state index contributed by atoms with van der Waals surface area (Å²) in [6.07, 6.45) is 3.85. The number of anilines is 1. The van der Waals surface area contributed by atoms with Crippen LogP contribution in [0, 0.1) is 6.92 Å². The SMILES string of the molecule is Cc1ccc(N2CCC(N3CCC[C@@](O)(CO)C3)CC2)cc1Cl. The Labute approximate surface area is 143 Å². The zero-order valence-electron chi connectivity index (χ0n) is 13.8. The third-order valence-electron chi connectivity index (χ3n) is 5.38. The van der Waals surface area contributed by atoms with E-state index in [2.05, 4.69) is 28.0 Å². The lowest BCUT2D eigenvalue weighted by molar-refractivity contribution is -0.0781. The van der Waals surface area contributed by atoms with E-state index in [1.165, 1.54) is 5.69 Å². The van der Waals surface area contributed by atoms with Crippen LogP contribution in [0.15, 0.2) is 18.2 Å². The minimum Gasteiger partial charge on any atom is -0.393 e. The van der Waals surface area contributed by atoms with Crippen molar-refractivity contribution in [1.29, 1.82) is 0 Å². The van der Waals surface area contributed by atoms with E-state index < -0.39 is 5.60 Å². The summed E-state index contributed by atoms with van der Waals surface area (Å²) in [5.74, 6) is 0. The van der Waals surface area contributed by atoms with Gasteiger partial charge in [0, 0.05) is 36.4 Å². The van der Waals surface area contributed by atoms with E-state index in [1.54, 1.807) is 0 Å². The molecular formula is C18H27ClN2O2. The highest BCUT2D eigenvalue weighted by molar-refractivity contribution is 6.31. The van der Waals surface area contributed by atoms with E-state index in [4.69, 9.17) is 11.6 Å². The Balaban J connectivity index is 1.59. The number of β-amino-alcohol motifs (C(OH)–C–C–N with tert-alkyl or cyclic N) is 1. The van der Waals surface area contributed by atoms with Crippen LogP contribution in [0.5, 0.6) is 0 Å². The number of hydrogen-bond acceptors (Lipinski definition) is 4. The number of nitrogens with zero attached hydrogens (tertiary/aromatic N) is 2. The second-order valence-electron chi connectivity index (χ2n) is 7.11. The van der Waals surface area contributed by atoms with E-state index in [1.807, 2.05) is 6.92 Å². The predicted octanol–water partition coefficient (Wildman–Crippen LogP) is 2.44. The molecule has 0 aromatic heterocycles. The average molecular weight is 339 g/mol. The molecule has 128 valence electrons. The average Bonchev–Trinajstić information content (AvgIpc) is 2.58. The number of rotatable bonds is 3. The normalized spacial score (nSPS) is 27.4. The van der Waals surface area contributed by atoms with E-state index in [-0.39, 0.29) is 6.61 Å². The maximum Gasteiger partial charge on any atom is 0.100 e. The molecule has 0 spiro atoms. The van der Waals surface area contributed by atoms with Crippen molar-refractivity contribution in [3.05, 3.63) is 28.8 Å². The molecule has 2 saturated heterocycles. The topological polar surface area (TPSA) is 46.9 Å². The number of likely N-dealkylation sites (tertiary alicyclic amines) is 1. The highest BCUT2D eigenvalue weighted by Gasteiger charge is 2.36. The van der Waals surface area contributed by atoms with E-state index in [9.17, 15) is 10.2 Å². The summed E-state index contributed by atoms with van der Waals surface area (Å²) >= 11 is 6.24. The molecule has 2 aliphatic rings. The van der Waals surface area contributed by atoms with Gasteiger partial charge in [-0.05, 0) is 56.8 Å². The Morgan fingerprint density at radius 1 is 1.26 bits per heavy atom. The van der Waals surface area contributed by atoms with Crippen molar-refractivity contribution < 1.29 is 10.2 Å². The van der Waals surface area contributed by atoms with Gasteiger partial charge in [-0.25, -0.2) is 0 Å². The van der Waals surface area contributed by atoms with Gasteiger partial charge < -0.3 is 15.1 Å². The number of aliphatic hydroxyl groups excluding tert-OH is 1. The second-order valence-corrected chi connectivity index (χ2v) is 7.52. The highest BCUT2D eigenvalue weighted by Crippen LogP contribution is 2.29. The summed E-state index contributed by atoms with van der Waals surface area (Å²) in [7, 11) is 0. The van der Waals surface area contributed by atoms with Crippen molar-refractivity contribution >= 4 is 17.3 Å². The first-order valence-corrected chi connectivity index (χ1v) is 8.97. The van der Waals surface area contributed by atoms with E-state index >= 15 is 0 Å². The Kier molecular flexibility index (Phi) is 5.16. The molecule has 0 aliphatic carbocycles. The van der Waals surface area contributed by atoms with Gasteiger partial charge in [0.2, 0.25) is 0 Å². The van der Waals surface area contributed by atoms with Crippen molar-refractivity contribution in [2.45, 2.75) is 44.2 Å². The molecule has 1 atom stereocenters. The maximum absolute atomic E-state index is 10.4. The number of hydrogen-bond donors (Lipinski definition) is 2. The molecule has 3 rings (SSSR count). The van der Waals surface area contributed by atoms with Gasteiger partial charge in [0.05, 0.1) is 6.61 Å². The summed E-state index contributed by atoms with van der Waals surface area (Å²) in [6.45, 7) is 5.55. The molecule has 0 radical (unpaired) electrons. The lowest BCUT2D eigenvalue weighted by Crippen LogP contribution is -2.55. The van der Waals surface area contributed by atoms with Crippen LogP contribution in [0.2, 0.25) is 5.02 Å². The van der Waals surface area contributed by atoms with Crippen LogP contribution in [0.3, 0.4) is 0 Å². The van der Waals surface area contributed by atoms with Gasteiger partial charge in [-0.15, -0.1) is 0 Å². The van der Waals surface area contributed by atoms with Crippen molar-refractivity contribution in [3.8, 4) is 0 Å². The lowest BCUT2D eigenvalue weighted by Gasteiger charge is -2.45. The molecule has 1 aromatic rings. The largest absolute Gasteiger partial charge is 0.393 e. The van der Waals surface area contributed by atoms with Gasteiger partial charge in [-0.2, -0.15) is 0 Å². The Morgan fingerprint density at radius 2 is 2.00 bits per heavy atom. The molecule has 0 bridgehead atoms. The van der Waals surface area contributed by atoms with Crippen LogP contribution in [-0.2, 0) is 0 Å². The molecule has 2 aliphatic heterocycles. The molecule has 1 aromatic carbocycles. The van der Waals surface area contributed by atoms with Gasteiger partial charge in [0.15, 0.2) is 0 Å². The Morgan fingerprint density at radius 3 is 2.65 bits per heavy atom. The standard InChI is InChI=1S/C18H27ClN2O2/c1-14-3-4-16(11-17(14)19)20-9-5-15(6-10-20)21-8-2-7-18(23,12-21)13-22/h3-4,11,15,22-23H,2,5-10,12-13H2,1H3/t18-/m0/s1. The molecule has 0 unspecified atom stereocenters. The molecule has 0 amide bonds. The Hall–Kier alpha value is -0.810. The zero-order valence-corrected chi connectivity index (χ0v) is 14.6. The molecule has 2 heterocycles. The fraction of sp³-hybridized carbons (Fsp3) is 0.667. The molecular weight excluding hydrogens is 312 g/mol. The smallest absolute Gasteiger partial charge is 0.100 e. The molecule has 0 saturated carbocycles. The first kappa shape index (κ1) is 17.0. The molecule has 5 heteroatoms. The van der Waals surface area contributed by atoms with Crippen molar-refractivity contribution in [3.63, 3.8) is 0 Å². The van der Waals surface area contributed by atoms with Gasteiger partial charge in [0.25, 0.3) is 0 Å². The molecule has 23 heavy (non-hydrogen) atoms. The summed E-state index contributed by atoms with van der Waals surface area (Å²) in [4.78, 5) is 4.77. The molecule has 4 nitrogen and oxygen atoms in total. The van der Waals surface area contributed by atoms with Gasteiger partial charge in [-0.3, -0.25) is 4.90 Å². The van der Waals surface area contributed by atoms with Gasteiger partial charge in [0.1, 0.15) is 5.60 Å². The van der Waals surface area contributed by atoms with Crippen LogP contribution in [0.25, 0.3) is 0 Å². The van der Waals surface area contributed by atoms with Crippen LogP contribution in [-0.4, -0.2) is 59.5 Å². The minimum atomic E-state index is -0.903. The third kappa shape index (κ3) is 3.82. The fourth-order valence-electron chi connectivity index (χ4n) is 3.86. The van der Waals surface area contributed by atoms with Crippen LogP contribution >= 0.6 is 11.6 Å². The van der Waals surface area contributed by atoms with E-state index in [0.717, 1.165) is 49.5 Å².